The summed E-state index contributed by atoms with van der Waals surface area (Å²) in [5.41, 5.74) is 1.92. The van der Waals surface area contributed by atoms with Gasteiger partial charge in [0, 0.05) is 0 Å². The second kappa shape index (κ2) is 3.55. The third-order valence-corrected chi connectivity index (χ3v) is 3.45. The first-order valence-corrected chi connectivity index (χ1v) is 5.66. The standard InChI is InChI=1S/C14H20O/c1-14(2,3)13-9-12(13)10-5-7-11(15-4)8-6-10/h5-8,12-13H,9H2,1-4H3. The summed E-state index contributed by atoms with van der Waals surface area (Å²) in [5.74, 6) is 2.58. The first-order chi connectivity index (χ1) is 7.02. The highest BCUT2D eigenvalue weighted by Gasteiger charge is 2.45. The molecule has 15 heavy (non-hydrogen) atoms. The Balaban J connectivity index is 2.07. The molecular formula is C14H20O. The van der Waals surface area contributed by atoms with E-state index in [2.05, 4.69) is 45.0 Å². The molecule has 2 atom stereocenters. The summed E-state index contributed by atoms with van der Waals surface area (Å²) in [4.78, 5) is 0. The lowest BCUT2D eigenvalue weighted by Crippen LogP contribution is -2.08. The van der Waals surface area contributed by atoms with E-state index in [1.807, 2.05) is 0 Å². The Morgan fingerprint density at radius 2 is 1.73 bits per heavy atom. The van der Waals surface area contributed by atoms with Gasteiger partial charge in [-0.15, -0.1) is 0 Å². The van der Waals surface area contributed by atoms with Crippen molar-refractivity contribution >= 4 is 0 Å². The molecule has 0 saturated heterocycles. The molecule has 0 aromatic heterocycles. The fourth-order valence-electron chi connectivity index (χ4n) is 2.37. The van der Waals surface area contributed by atoms with Crippen molar-refractivity contribution in [3.63, 3.8) is 0 Å². The molecule has 0 radical (unpaired) electrons. The Labute approximate surface area is 92.5 Å². The van der Waals surface area contributed by atoms with E-state index in [-0.39, 0.29) is 0 Å². The lowest BCUT2D eigenvalue weighted by Gasteiger charge is -2.18. The van der Waals surface area contributed by atoms with Gasteiger partial charge in [-0.25, -0.2) is 0 Å². The number of hydrogen-bond acceptors (Lipinski definition) is 1. The van der Waals surface area contributed by atoms with Crippen molar-refractivity contribution in [1.29, 1.82) is 0 Å². The Morgan fingerprint density at radius 3 is 2.13 bits per heavy atom. The smallest absolute Gasteiger partial charge is 0.118 e. The molecule has 1 aromatic carbocycles. The minimum Gasteiger partial charge on any atom is -0.497 e. The van der Waals surface area contributed by atoms with Gasteiger partial charge in [-0.05, 0) is 41.4 Å². The van der Waals surface area contributed by atoms with Gasteiger partial charge in [0.2, 0.25) is 0 Å². The van der Waals surface area contributed by atoms with Gasteiger partial charge in [-0.3, -0.25) is 0 Å². The van der Waals surface area contributed by atoms with Crippen LogP contribution in [0.3, 0.4) is 0 Å². The molecule has 82 valence electrons. The monoisotopic (exact) mass is 204 g/mol. The highest BCUT2D eigenvalue weighted by atomic mass is 16.5. The third-order valence-electron chi connectivity index (χ3n) is 3.45. The van der Waals surface area contributed by atoms with Crippen molar-refractivity contribution in [1.82, 2.24) is 0 Å². The molecule has 0 bridgehead atoms. The van der Waals surface area contributed by atoms with E-state index >= 15 is 0 Å². The third kappa shape index (κ3) is 2.17. The topological polar surface area (TPSA) is 9.23 Å². The quantitative estimate of drug-likeness (QED) is 0.711. The maximum atomic E-state index is 5.16. The Hall–Kier alpha value is -0.980. The largest absolute Gasteiger partial charge is 0.497 e. The Morgan fingerprint density at radius 1 is 1.13 bits per heavy atom. The number of methoxy groups -OCH3 is 1. The SMILES string of the molecule is COc1ccc(C2CC2C(C)(C)C)cc1. The normalized spacial score (nSPS) is 25.1. The molecule has 1 nitrogen and oxygen atoms in total. The van der Waals surface area contributed by atoms with Crippen LogP contribution in [0.25, 0.3) is 0 Å². The van der Waals surface area contributed by atoms with Crippen molar-refractivity contribution in [2.24, 2.45) is 11.3 Å². The lowest BCUT2D eigenvalue weighted by molar-refractivity contribution is 0.343. The summed E-state index contributed by atoms with van der Waals surface area (Å²) in [6, 6.07) is 8.53. The molecule has 0 aliphatic heterocycles. The maximum absolute atomic E-state index is 5.16. The van der Waals surface area contributed by atoms with E-state index in [9.17, 15) is 0 Å². The molecule has 1 saturated carbocycles. The second-order valence-corrected chi connectivity index (χ2v) is 5.59. The average Bonchev–Trinajstić information content (AvgIpc) is 2.97. The van der Waals surface area contributed by atoms with Gasteiger partial charge in [0.05, 0.1) is 7.11 Å². The van der Waals surface area contributed by atoms with Crippen LogP contribution in [0.1, 0.15) is 38.7 Å². The van der Waals surface area contributed by atoms with Gasteiger partial charge >= 0.3 is 0 Å². The van der Waals surface area contributed by atoms with Gasteiger partial charge in [-0.2, -0.15) is 0 Å². The summed E-state index contributed by atoms with van der Waals surface area (Å²) in [6.07, 6.45) is 1.34. The van der Waals surface area contributed by atoms with Gasteiger partial charge in [0.25, 0.3) is 0 Å². The van der Waals surface area contributed by atoms with Crippen LogP contribution < -0.4 is 4.74 Å². The molecule has 1 fully saturated rings. The molecule has 0 heterocycles. The fourth-order valence-corrected chi connectivity index (χ4v) is 2.37. The zero-order chi connectivity index (χ0) is 11.1. The molecule has 1 heteroatoms. The highest BCUT2D eigenvalue weighted by molar-refractivity contribution is 5.33. The zero-order valence-corrected chi connectivity index (χ0v) is 10.1. The van der Waals surface area contributed by atoms with E-state index in [0.717, 1.165) is 17.6 Å². The van der Waals surface area contributed by atoms with Crippen molar-refractivity contribution in [2.45, 2.75) is 33.1 Å². The summed E-state index contributed by atoms with van der Waals surface area (Å²) in [7, 11) is 1.71. The first-order valence-electron chi connectivity index (χ1n) is 5.66. The molecule has 0 N–H and O–H groups in total. The van der Waals surface area contributed by atoms with Crippen molar-refractivity contribution in [2.75, 3.05) is 7.11 Å². The molecule has 2 rings (SSSR count). The Bertz CT molecular complexity index is 331. The van der Waals surface area contributed by atoms with Crippen LogP contribution in [-0.2, 0) is 0 Å². The highest BCUT2D eigenvalue weighted by Crippen LogP contribution is 2.56. The summed E-state index contributed by atoms with van der Waals surface area (Å²) >= 11 is 0. The predicted molar refractivity (Wildman–Crippen MR) is 63.3 cm³/mol. The minimum atomic E-state index is 0.449. The van der Waals surface area contributed by atoms with Crippen LogP contribution in [0.2, 0.25) is 0 Å². The molecule has 1 aliphatic carbocycles. The van der Waals surface area contributed by atoms with Gasteiger partial charge in [0.1, 0.15) is 5.75 Å². The summed E-state index contributed by atoms with van der Waals surface area (Å²) in [6.45, 7) is 7.00. The molecule has 0 spiro atoms. The Kier molecular flexibility index (Phi) is 2.49. The number of rotatable bonds is 2. The zero-order valence-electron chi connectivity index (χ0n) is 10.1. The molecule has 1 aliphatic rings. The van der Waals surface area contributed by atoms with Crippen LogP contribution in [0.15, 0.2) is 24.3 Å². The maximum Gasteiger partial charge on any atom is 0.118 e. The second-order valence-electron chi connectivity index (χ2n) is 5.59. The molecule has 1 aromatic rings. The van der Waals surface area contributed by atoms with Crippen molar-refractivity contribution in [3.05, 3.63) is 29.8 Å². The van der Waals surface area contributed by atoms with Crippen LogP contribution in [-0.4, -0.2) is 7.11 Å². The number of ether oxygens (including phenoxy) is 1. The van der Waals surface area contributed by atoms with E-state index in [4.69, 9.17) is 4.74 Å². The average molecular weight is 204 g/mol. The summed E-state index contributed by atoms with van der Waals surface area (Å²) in [5, 5.41) is 0. The van der Waals surface area contributed by atoms with E-state index in [1.165, 1.54) is 12.0 Å². The fraction of sp³-hybridized carbons (Fsp3) is 0.571. The van der Waals surface area contributed by atoms with Crippen LogP contribution in [0.5, 0.6) is 5.75 Å². The van der Waals surface area contributed by atoms with Gasteiger partial charge in [0.15, 0.2) is 0 Å². The summed E-state index contributed by atoms with van der Waals surface area (Å²) < 4.78 is 5.16. The minimum absolute atomic E-state index is 0.449. The molecule has 2 unspecified atom stereocenters. The number of benzene rings is 1. The molecular weight excluding hydrogens is 184 g/mol. The van der Waals surface area contributed by atoms with Crippen LogP contribution in [0.4, 0.5) is 0 Å². The van der Waals surface area contributed by atoms with E-state index in [0.29, 0.717) is 5.41 Å². The number of hydrogen-bond donors (Lipinski definition) is 0. The lowest BCUT2D eigenvalue weighted by atomic mass is 9.88. The van der Waals surface area contributed by atoms with E-state index in [1.54, 1.807) is 7.11 Å². The van der Waals surface area contributed by atoms with Gasteiger partial charge in [-0.1, -0.05) is 32.9 Å². The van der Waals surface area contributed by atoms with Crippen LogP contribution in [0, 0.1) is 11.3 Å². The van der Waals surface area contributed by atoms with Crippen molar-refractivity contribution < 1.29 is 4.74 Å². The van der Waals surface area contributed by atoms with Crippen LogP contribution >= 0.6 is 0 Å². The van der Waals surface area contributed by atoms with Gasteiger partial charge < -0.3 is 4.74 Å². The van der Waals surface area contributed by atoms with E-state index < -0.39 is 0 Å². The first kappa shape index (κ1) is 10.5. The van der Waals surface area contributed by atoms with Crippen molar-refractivity contribution in [3.8, 4) is 5.75 Å². The molecule has 0 amide bonds. The predicted octanol–water partition coefficient (Wildman–Crippen LogP) is 3.84.